The van der Waals surface area contributed by atoms with Crippen molar-refractivity contribution in [2.75, 3.05) is 18.0 Å². The summed E-state index contributed by atoms with van der Waals surface area (Å²) in [6, 6.07) is 0. The lowest BCUT2D eigenvalue weighted by atomic mass is 9.39. The molecule has 4 aliphatic rings. The predicted octanol–water partition coefficient (Wildman–Crippen LogP) is 5.78. The van der Waals surface area contributed by atoms with Crippen LogP contribution in [0.2, 0.25) is 0 Å². The highest BCUT2D eigenvalue weighted by molar-refractivity contribution is 7.15. The third kappa shape index (κ3) is 2.84. The van der Waals surface area contributed by atoms with Gasteiger partial charge in [-0.2, -0.15) is 0 Å². The molecule has 182 valence electrons. The number of thiazole rings is 1. The summed E-state index contributed by atoms with van der Waals surface area (Å²) >= 11 is 1.89. The molecule has 0 radical (unpaired) electrons. The van der Waals surface area contributed by atoms with E-state index in [1.54, 1.807) is 0 Å². The minimum absolute atomic E-state index is 0.0145. The Balaban J connectivity index is 1.61. The largest absolute Gasteiger partial charge is 0.392 e. The molecule has 1 aromatic rings. The minimum atomic E-state index is -0.636. The van der Waals surface area contributed by atoms with E-state index in [-0.39, 0.29) is 34.4 Å². The number of rotatable bonds is 5. The number of carbonyl (C=O) groups is 1. The molecular formula is C28H42N2O2S. The second kappa shape index (κ2) is 7.65. The first-order chi connectivity index (χ1) is 15.5. The van der Waals surface area contributed by atoms with Gasteiger partial charge in [-0.1, -0.05) is 48.1 Å². The number of Topliss-reactive ketones (excluding diaryl/α,β-unsaturated/α-hetero) is 1. The van der Waals surface area contributed by atoms with Crippen LogP contribution in [0.15, 0.2) is 12.2 Å². The van der Waals surface area contributed by atoms with E-state index >= 15 is 0 Å². The van der Waals surface area contributed by atoms with E-state index < -0.39 is 11.5 Å². The highest BCUT2D eigenvalue weighted by Crippen LogP contribution is 2.72. The van der Waals surface area contributed by atoms with Crippen molar-refractivity contribution in [1.82, 2.24) is 4.98 Å². The summed E-state index contributed by atoms with van der Waals surface area (Å²) in [5.74, 6) is 1.14. The maximum absolute atomic E-state index is 13.7. The number of fused-ring (bicyclic) bond motifs is 4. The van der Waals surface area contributed by atoms with Crippen molar-refractivity contribution >= 4 is 22.3 Å². The van der Waals surface area contributed by atoms with Gasteiger partial charge in [0.25, 0.3) is 0 Å². The standard InChI is InChI=1S/C28H42N2O2S/c1-8-12-30(13-9-2)25-29-23-19(33-25)15-27(7)20-11-10-18-16(3)24(32)28(20,17(18)4)22(31)14-21(27)26(23,5)6/h17-18,20-22,31H,3,8-15H2,1-2,4-7H3/t17-,18-,20+,21-,22-,27+,28-/m1/s1. The number of anilines is 1. The van der Waals surface area contributed by atoms with Crippen LogP contribution in [0.25, 0.3) is 0 Å². The van der Waals surface area contributed by atoms with Gasteiger partial charge in [0.05, 0.1) is 17.2 Å². The molecule has 4 aliphatic carbocycles. The lowest BCUT2D eigenvalue weighted by Gasteiger charge is -2.65. The third-order valence-corrected chi connectivity index (χ3v) is 11.5. The van der Waals surface area contributed by atoms with E-state index in [0.29, 0.717) is 12.3 Å². The van der Waals surface area contributed by atoms with E-state index in [1.165, 1.54) is 10.6 Å². The number of aliphatic hydroxyl groups is 1. The molecule has 1 aromatic heterocycles. The number of hydrogen-bond donors (Lipinski definition) is 1. The van der Waals surface area contributed by atoms with Gasteiger partial charge in [-0.05, 0) is 73.2 Å². The molecule has 0 saturated heterocycles. The van der Waals surface area contributed by atoms with Gasteiger partial charge in [0.1, 0.15) is 0 Å². The van der Waals surface area contributed by atoms with Gasteiger partial charge in [0, 0.05) is 23.4 Å². The zero-order valence-corrected chi connectivity index (χ0v) is 22.2. The second-order valence-corrected chi connectivity index (χ2v) is 13.3. The van der Waals surface area contributed by atoms with Crippen molar-refractivity contribution in [1.29, 1.82) is 0 Å². The van der Waals surface area contributed by atoms with Gasteiger partial charge >= 0.3 is 0 Å². The molecule has 2 bridgehead atoms. The zero-order chi connectivity index (χ0) is 23.9. The van der Waals surface area contributed by atoms with Crippen LogP contribution in [0, 0.1) is 34.5 Å². The summed E-state index contributed by atoms with van der Waals surface area (Å²) < 4.78 is 0. The van der Waals surface area contributed by atoms with E-state index in [9.17, 15) is 9.90 Å². The van der Waals surface area contributed by atoms with Crippen LogP contribution in [0.5, 0.6) is 0 Å². The Bertz CT molecular complexity index is 977. The highest BCUT2D eigenvalue weighted by Gasteiger charge is 2.73. The fourth-order valence-corrected chi connectivity index (χ4v) is 10.5. The first kappa shape index (κ1) is 23.5. The second-order valence-electron chi connectivity index (χ2n) is 12.3. The monoisotopic (exact) mass is 470 g/mol. The van der Waals surface area contributed by atoms with Gasteiger partial charge in [-0.15, -0.1) is 11.3 Å². The maximum atomic E-state index is 13.7. The summed E-state index contributed by atoms with van der Waals surface area (Å²) in [7, 11) is 0. The third-order valence-electron chi connectivity index (χ3n) is 10.4. The fourth-order valence-electron chi connectivity index (χ4n) is 9.08. The normalized spacial score (nSPS) is 40.9. The van der Waals surface area contributed by atoms with E-state index in [1.807, 2.05) is 11.3 Å². The van der Waals surface area contributed by atoms with Gasteiger partial charge in [-0.25, -0.2) is 4.98 Å². The number of ketones is 1. The predicted molar refractivity (Wildman–Crippen MR) is 136 cm³/mol. The topological polar surface area (TPSA) is 53.4 Å². The molecule has 0 aromatic carbocycles. The van der Waals surface area contributed by atoms with Crippen molar-refractivity contribution < 1.29 is 9.90 Å². The van der Waals surface area contributed by atoms with Crippen LogP contribution < -0.4 is 4.90 Å². The van der Waals surface area contributed by atoms with Crippen molar-refractivity contribution in [3.63, 3.8) is 0 Å². The summed E-state index contributed by atoms with van der Waals surface area (Å²) in [5, 5.41) is 12.9. The van der Waals surface area contributed by atoms with Crippen molar-refractivity contribution in [3.05, 3.63) is 22.7 Å². The Labute approximate surface area is 203 Å². The van der Waals surface area contributed by atoms with E-state index in [4.69, 9.17) is 4.98 Å². The van der Waals surface area contributed by atoms with Gasteiger partial charge in [-0.3, -0.25) is 4.79 Å². The molecule has 3 fully saturated rings. The Morgan fingerprint density at radius 2 is 1.82 bits per heavy atom. The van der Waals surface area contributed by atoms with Gasteiger partial charge in [0.2, 0.25) is 0 Å². The van der Waals surface area contributed by atoms with Gasteiger partial charge in [0.15, 0.2) is 10.9 Å². The van der Waals surface area contributed by atoms with Crippen molar-refractivity contribution in [2.24, 2.45) is 34.5 Å². The Morgan fingerprint density at radius 3 is 2.45 bits per heavy atom. The number of aliphatic hydroxyl groups excluding tert-OH is 1. The molecule has 33 heavy (non-hydrogen) atoms. The molecule has 4 nitrogen and oxygen atoms in total. The number of hydrogen-bond acceptors (Lipinski definition) is 5. The smallest absolute Gasteiger partial charge is 0.185 e. The number of nitrogens with zero attached hydrogens (tertiary/aromatic N) is 2. The molecule has 1 N–H and O–H groups in total. The maximum Gasteiger partial charge on any atom is 0.185 e. The molecule has 0 aliphatic heterocycles. The number of allylic oxidation sites excluding steroid dienone is 1. The quantitative estimate of drug-likeness (QED) is 0.555. The van der Waals surface area contributed by atoms with E-state index in [0.717, 1.165) is 55.9 Å². The summed E-state index contributed by atoms with van der Waals surface area (Å²) in [6.45, 7) is 20.1. The van der Waals surface area contributed by atoms with Crippen LogP contribution in [0.4, 0.5) is 5.13 Å². The van der Waals surface area contributed by atoms with Crippen LogP contribution in [0.1, 0.15) is 84.2 Å². The molecule has 1 heterocycles. The van der Waals surface area contributed by atoms with Crippen LogP contribution in [0.3, 0.4) is 0 Å². The molecule has 0 unspecified atom stereocenters. The average Bonchev–Trinajstić information content (AvgIpc) is 3.22. The molecule has 7 atom stereocenters. The summed E-state index contributed by atoms with van der Waals surface area (Å²) in [5.41, 5.74) is 1.26. The van der Waals surface area contributed by atoms with E-state index in [2.05, 4.69) is 53.0 Å². The Hall–Kier alpha value is -1.20. The highest BCUT2D eigenvalue weighted by atomic mass is 32.1. The first-order valence-electron chi connectivity index (χ1n) is 13.2. The Kier molecular flexibility index (Phi) is 5.46. The average molecular weight is 471 g/mol. The Morgan fingerprint density at radius 1 is 1.15 bits per heavy atom. The molecule has 5 rings (SSSR count). The van der Waals surface area contributed by atoms with Gasteiger partial charge < -0.3 is 10.0 Å². The first-order valence-corrected chi connectivity index (χ1v) is 14.0. The molecule has 0 amide bonds. The SMILES string of the molecule is C=C1C(=O)[C@@]23[C@H](O)C[C@@H]4C(C)(C)c5nc(N(CCC)CCC)sc5C[C@@]4(C)[C@@H]2CC[C@H]1[C@H]3C. The van der Waals surface area contributed by atoms with Crippen LogP contribution in [-0.4, -0.2) is 35.1 Å². The molecule has 1 spiro atoms. The van der Waals surface area contributed by atoms with Crippen LogP contribution >= 0.6 is 11.3 Å². The van der Waals surface area contributed by atoms with Crippen molar-refractivity contribution in [2.45, 2.75) is 91.6 Å². The van der Waals surface area contributed by atoms with Crippen LogP contribution in [-0.2, 0) is 16.6 Å². The fraction of sp³-hybridized carbons (Fsp3) is 0.786. The van der Waals surface area contributed by atoms with Crippen molar-refractivity contribution in [3.8, 4) is 0 Å². The molecular weight excluding hydrogens is 428 g/mol. The number of aromatic nitrogens is 1. The summed E-state index contributed by atoms with van der Waals surface area (Å²) in [4.78, 5) is 22.9. The number of carbonyl (C=O) groups excluding carboxylic acids is 1. The summed E-state index contributed by atoms with van der Waals surface area (Å²) in [6.07, 6.45) is 5.40. The zero-order valence-electron chi connectivity index (χ0n) is 21.4. The molecule has 3 saturated carbocycles. The lowest BCUT2D eigenvalue weighted by Crippen LogP contribution is -2.66. The molecule has 5 heteroatoms. The minimum Gasteiger partial charge on any atom is -0.392 e. The lowest BCUT2D eigenvalue weighted by molar-refractivity contribution is -0.195.